The summed E-state index contributed by atoms with van der Waals surface area (Å²) in [7, 11) is 0. The van der Waals surface area contributed by atoms with E-state index in [1.807, 2.05) is 20.8 Å². The van der Waals surface area contributed by atoms with Crippen molar-refractivity contribution in [1.29, 1.82) is 0 Å². The minimum Gasteiger partial charge on any atom is -0.462 e. The first-order chi connectivity index (χ1) is 8.92. The summed E-state index contributed by atoms with van der Waals surface area (Å²) < 4.78 is 4.97. The highest BCUT2D eigenvalue weighted by molar-refractivity contribution is 6.02. The maximum Gasteiger partial charge on any atom is 0.340 e. The van der Waals surface area contributed by atoms with Gasteiger partial charge >= 0.3 is 5.97 Å². The van der Waals surface area contributed by atoms with Crippen molar-refractivity contribution in [2.45, 2.75) is 34.1 Å². The van der Waals surface area contributed by atoms with Gasteiger partial charge in [0.25, 0.3) is 0 Å². The van der Waals surface area contributed by atoms with Crippen LogP contribution in [0, 0.1) is 5.41 Å². The third-order valence-electron chi connectivity index (χ3n) is 3.17. The number of hydrogen-bond donors (Lipinski definition) is 1. The Hall–Kier alpha value is -1.84. The summed E-state index contributed by atoms with van der Waals surface area (Å²) in [5, 5.41) is 2.80. The number of para-hydroxylation sites is 1. The molecule has 19 heavy (non-hydrogen) atoms. The van der Waals surface area contributed by atoms with Gasteiger partial charge in [-0.2, -0.15) is 0 Å². The quantitative estimate of drug-likeness (QED) is 0.830. The fourth-order valence-electron chi connectivity index (χ4n) is 1.43. The Bertz CT molecular complexity index is 466. The predicted molar refractivity (Wildman–Crippen MR) is 75.1 cm³/mol. The van der Waals surface area contributed by atoms with E-state index in [-0.39, 0.29) is 5.91 Å². The van der Waals surface area contributed by atoms with Crippen LogP contribution in [0.15, 0.2) is 24.3 Å². The molecule has 0 aliphatic heterocycles. The molecule has 1 amide bonds. The van der Waals surface area contributed by atoms with Gasteiger partial charge in [0.2, 0.25) is 5.91 Å². The third kappa shape index (κ3) is 3.81. The fraction of sp³-hybridized carbons (Fsp3) is 0.467. The molecule has 0 aromatic heterocycles. The van der Waals surface area contributed by atoms with E-state index >= 15 is 0 Å². The molecule has 1 aromatic rings. The highest BCUT2D eigenvalue weighted by atomic mass is 16.5. The molecule has 0 bridgehead atoms. The number of ether oxygens (including phenoxy) is 1. The largest absolute Gasteiger partial charge is 0.462 e. The Morgan fingerprint density at radius 3 is 2.42 bits per heavy atom. The van der Waals surface area contributed by atoms with Crippen molar-refractivity contribution >= 4 is 17.6 Å². The van der Waals surface area contributed by atoms with Gasteiger partial charge < -0.3 is 10.1 Å². The zero-order chi connectivity index (χ0) is 14.5. The molecule has 0 aliphatic carbocycles. The van der Waals surface area contributed by atoms with Gasteiger partial charge in [-0.05, 0) is 25.5 Å². The van der Waals surface area contributed by atoms with Crippen LogP contribution < -0.4 is 5.32 Å². The Labute approximate surface area is 114 Å². The molecular formula is C15H21NO3. The lowest BCUT2D eigenvalue weighted by Crippen LogP contribution is -2.30. The molecule has 4 heteroatoms. The van der Waals surface area contributed by atoms with E-state index in [0.717, 1.165) is 6.42 Å². The number of hydrogen-bond acceptors (Lipinski definition) is 3. The van der Waals surface area contributed by atoms with Gasteiger partial charge in [-0.1, -0.05) is 32.9 Å². The van der Waals surface area contributed by atoms with Gasteiger partial charge in [0.1, 0.15) is 0 Å². The van der Waals surface area contributed by atoms with Crippen LogP contribution in [0.4, 0.5) is 5.69 Å². The number of amides is 1. The van der Waals surface area contributed by atoms with Crippen molar-refractivity contribution in [2.24, 2.45) is 5.41 Å². The van der Waals surface area contributed by atoms with Crippen LogP contribution in [0.1, 0.15) is 44.5 Å². The van der Waals surface area contributed by atoms with Crippen LogP contribution in [-0.2, 0) is 9.53 Å². The van der Waals surface area contributed by atoms with Gasteiger partial charge in [0.05, 0.1) is 17.9 Å². The molecule has 1 N–H and O–H groups in total. The molecule has 0 heterocycles. The number of anilines is 1. The van der Waals surface area contributed by atoms with E-state index in [0.29, 0.717) is 17.9 Å². The molecule has 0 radical (unpaired) electrons. The number of carbonyl (C=O) groups is 2. The smallest absolute Gasteiger partial charge is 0.340 e. The Balaban J connectivity index is 2.96. The highest BCUT2D eigenvalue weighted by Crippen LogP contribution is 2.24. The SMILES string of the molecule is CCOC(=O)c1ccccc1NC(=O)C(C)(C)CC. The monoisotopic (exact) mass is 263 g/mol. The zero-order valence-electron chi connectivity index (χ0n) is 11.9. The summed E-state index contributed by atoms with van der Waals surface area (Å²) in [5.41, 5.74) is 0.402. The number of carbonyl (C=O) groups excluding carboxylic acids is 2. The molecule has 0 fully saturated rings. The van der Waals surface area contributed by atoms with Gasteiger partial charge in [-0.15, -0.1) is 0 Å². The fourth-order valence-corrected chi connectivity index (χ4v) is 1.43. The normalized spacial score (nSPS) is 10.9. The lowest BCUT2D eigenvalue weighted by Gasteiger charge is -2.22. The summed E-state index contributed by atoms with van der Waals surface area (Å²) in [6, 6.07) is 6.87. The maximum absolute atomic E-state index is 12.1. The van der Waals surface area contributed by atoms with E-state index in [9.17, 15) is 9.59 Å². The summed E-state index contributed by atoms with van der Waals surface area (Å²) in [4.78, 5) is 23.9. The highest BCUT2D eigenvalue weighted by Gasteiger charge is 2.26. The zero-order valence-corrected chi connectivity index (χ0v) is 11.9. The van der Waals surface area contributed by atoms with E-state index < -0.39 is 11.4 Å². The van der Waals surface area contributed by atoms with Crippen LogP contribution in [0.3, 0.4) is 0 Å². The topological polar surface area (TPSA) is 55.4 Å². The van der Waals surface area contributed by atoms with E-state index in [2.05, 4.69) is 5.32 Å². The van der Waals surface area contributed by atoms with Gasteiger partial charge in [0, 0.05) is 5.41 Å². The second-order valence-electron chi connectivity index (χ2n) is 4.96. The van der Waals surface area contributed by atoms with Crippen molar-refractivity contribution in [2.75, 3.05) is 11.9 Å². The number of nitrogens with one attached hydrogen (secondary N) is 1. The van der Waals surface area contributed by atoms with E-state index in [1.54, 1.807) is 31.2 Å². The molecule has 1 aromatic carbocycles. The molecule has 1 rings (SSSR count). The maximum atomic E-state index is 12.1. The first-order valence-electron chi connectivity index (χ1n) is 6.50. The van der Waals surface area contributed by atoms with Gasteiger partial charge in [-0.25, -0.2) is 4.79 Å². The lowest BCUT2D eigenvalue weighted by molar-refractivity contribution is -0.124. The minimum atomic E-state index is -0.470. The molecule has 0 saturated carbocycles. The molecule has 0 unspecified atom stereocenters. The van der Waals surface area contributed by atoms with Gasteiger partial charge in [0.15, 0.2) is 0 Å². The van der Waals surface area contributed by atoms with Crippen LogP contribution in [0.5, 0.6) is 0 Å². The van der Waals surface area contributed by atoms with Crippen molar-refractivity contribution in [1.82, 2.24) is 0 Å². The summed E-state index contributed by atoms with van der Waals surface area (Å²) in [6.45, 7) is 7.75. The van der Waals surface area contributed by atoms with Gasteiger partial charge in [-0.3, -0.25) is 4.79 Å². The standard InChI is InChI=1S/C15H21NO3/c1-5-15(3,4)14(18)16-12-10-8-7-9-11(12)13(17)19-6-2/h7-10H,5-6H2,1-4H3,(H,16,18). The van der Waals surface area contributed by atoms with Crippen LogP contribution in [0.2, 0.25) is 0 Å². The average molecular weight is 263 g/mol. The Morgan fingerprint density at radius 2 is 1.84 bits per heavy atom. The van der Waals surface area contributed by atoms with Crippen LogP contribution >= 0.6 is 0 Å². The third-order valence-corrected chi connectivity index (χ3v) is 3.17. The molecule has 4 nitrogen and oxygen atoms in total. The Morgan fingerprint density at radius 1 is 1.21 bits per heavy atom. The first-order valence-corrected chi connectivity index (χ1v) is 6.50. The van der Waals surface area contributed by atoms with Crippen molar-refractivity contribution in [3.8, 4) is 0 Å². The van der Waals surface area contributed by atoms with Crippen LogP contribution in [0.25, 0.3) is 0 Å². The number of esters is 1. The second-order valence-corrected chi connectivity index (χ2v) is 4.96. The van der Waals surface area contributed by atoms with Crippen molar-refractivity contribution in [3.05, 3.63) is 29.8 Å². The van der Waals surface area contributed by atoms with Crippen molar-refractivity contribution < 1.29 is 14.3 Å². The molecule has 0 saturated heterocycles. The average Bonchev–Trinajstić information content (AvgIpc) is 2.39. The molecule has 0 spiro atoms. The molecule has 0 aliphatic rings. The van der Waals surface area contributed by atoms with E-state index in [4.69, 9.17) is 4.74 Å². The van der Waals surface area contributed by atoms with Crippen LogP contribution in [-0.4, -0.2) is 18.5 Å². The minimum absolute atomic E-state index is 0.105. The summed E-state index contributed by atoms with van der Waals surface area (Å²) in [6.07, 6.45) is 0.723. The number of rotatable bonds is 5. The molecular weight excluding hydrogens is 242 g/mol. The number of benzene rings is 1. The Kier molecular flexibility index (Phi) is 5.10. The predicted octanol–water partition coefficient (Wildman–Crippen LogP) is 3.24. The van der Waals surface area contributed by atoms with Crippen molar-refractivity contribution in [3.63, 3.8) is 0 Å². The summed E-state index contributed by atoms with van der Waals surface area (Å²) in [5.74, 6) is -0.528. The lowest BCUT2D eigenvalue weighted by atomic mass is 9.89. The second kappa shape index (κ2) is 6.36. The molecule has 0 atom stereocenters. The summed E-state index contributed by atoms with van der Waals surface area (Å²) >= 11 is 0. The first kappa shape index (κ1) is 15.2. The van der Waals surface area contributed by atoms with E-state index in [1.165, 1.54) is 0 Å². The molecule has 104 valence electrons.